The van der Waals surface area contributed by atoms with Crippen LogP contribution in [-0.2, 0) is 15.0 Å². The zero-order valence-corrected chi connectivity index (χ0v) is 23.5. The third-order valence-corrected chi connectivity index (χ3v) is 12.0. The van der Waals surface area contributed by atoms with Gasteiger partial charge in [0.15, 0.2) is 0 Å². The summed E-state index contributed by atoms with van der Waals surface area (Å²) < 4.78 is 0. The van der Waals surface area contributed by atoms with E-state index in [2.05, 4.69) is 50.6 Å². The van der Waals surface area contributed by atoms with Crippen LogP contribution in [0, 0.1) is 11.5 Å². The molecule has 0 unspecified atom stereocenters. The normalized spacial score (nSPS) is 12.7. The van der Waals surface area contributed by atoms with Gasteiger partial charge in [0, 0.05) is 12.8 Å². The summed E-state index contributed by atoms with van der Waals surface area (Å²) in [6, 6.07) is 29.2. The molecule has 0 heterocycles. The van der Waals surface area contributed by atoms with Crippen molar-refractivity contribution < 1.29 is 9.59 Å². The third kappa shape index (κ3) is 6.58. The number of nitrogens with one attached hydrogen (secondary N) is 1. The first-order chi connectivity index (χ1) is 17.5. The van der Waals surface area contributed by atoms with Crippen LogP contribution < -0.4 is 11.1 Å². The third-order valence-electron chi connectivity index (χ3n) is 7.49. The fourth-order valence-electron chi connectivity index (χ4n) is 4.24. The van der Waals surface area contributed by atoms with E-state index in [1.54, 1.807) is 0 Å². The first-order valence-corrected chi connectivity index (χ1v) is 15.7. The van der Waals surface area contributed by atoms with E-state index in [1.807, 2.05) is 91.0 Å². The minimum Gasteiger partial charge on any atom is -0.368 e. The van der Waals surface area contributed by atoms with Crippen molar-refractivity contribution in [3.63, 3.8) is 0 Å². The van der Waals surface area contributed by atoms with Gasteiger partial charge >= 0.3 is 0 Å². The van der Waals surface area contributed by atoms with Crippen LogP contribution in [0.1, 0.15) is 50.3 Å². The van der Waals surface area contributed by atoms with Crippen LogP contribution in [0.3, 0.4) is 0 Å². The number of hydrogen-bond donors (Lipinski definition) is 2. The molecular formula is C32H38N2O2Si. The molecule has 4 nitrogen and oxygen atoms in total. The van der Waals surface area contributed by atoms with E-state index in [9.17, 15) is 9.59 Å². The van der Waals surface area contributed by atoms with Gasteiger partial charge in [-0.05, 0) is 21.7 Å². The van der Waals surface area contributed by atoms with Crippen LogP contribution in [0.15, 0.2) is 91.0 Å². The maximum absolute atomic E-state index is 13.7. The summed E-state index contributed by atoms with van der Waals surface area (Å²) in [5, 5.41) is 3.01. The number of hydrogen-bond acceptors (Lipinski definition) is 2. The highest BCUT2D eigenvalue weighted by atomic mass is 28.3. The monoisotopic (exact) mass is 510 g/mol. The Labute approximate surface area is 222 Å². The first kappa shape index (κ1) is 28.0. The van der Waals surface area contributed by atoms with Gasteiger partial charge < -0.3 is 11.1 Å². The second-order valence-electron chi connectivity index (χ2n) is 11.1. The predicted octanol–water partition coefficient (Wildman–Crippen LogP) is 5.82. The molecule has 0 aromatic heterocycles. The van der Waals surface area contributed by atoms with Crippen LogP contribution >= 0.6 is 0 Å². The lowest BCUT2D eigenvalue weighted by Gasteiger charge is -2.36. The average Bonchev–Trinajstić information content (AvgIpc) is 2.87. The maximum atomic E-state index is 13.7. The molecule has 2 amide bonds. The number of nitrogens with two attached hydrogens (primary N) is 1. The molecule has 0 spiro atoms. The number of rotatable bonds is 8. The quantitative estimate of drug-likeness (QED) is 0.228. The van der Waals surface area contributed by atoms with Crippen molar-refractivity contribution in [3.8, 4) is 11.5 Å². The molecule has 0 saturated heterocycles. The van der Waals surface area contributed by atoms with Crippen molar-refractivity contribution in [2.24, 2.45) is 5.73 Å². The Balaban J connectivity index is 1.98. The van der Waals surface area contributed by atoms with E-state index in [1.165, 1.54) is 0 Å². The van der Waals surface area contributed by atoms with Gasteiger partial charge in [-0.15, -0.1) is 11.5 Å². The number of carbonyl (C=O) groups is 2. The van der Waals surface area contributed by atoms with Crippen LogP contribution in [0.5, 0.6) is 0 Å². The largest absolute Gasteiger partial charge is 0.368 e. The molecule has 1 atom stereocenters. The van der Waals surface area contributed by atoms with Crippen LogP contribution in [0.2, 0.25) is 18.1 Å². The Kier molecular flexibility index (Phi) is 8.78. The fraction of sp³-hybridized carbons (Fsp3) is 0.312. The topological polar surface area (TPSA) is 72.2 Å². The van der Waals surface area contributed by atoms with Crippen molar-refractivity contribution in [1.29, 1.82) is 0 Å². The van der Waals surface area contributed by atoms with Crippen molar-refractivity contribution in [3.05, 3.63) is 108 Å². The summed E-state index contributed by atoms with van der Waals surface area (Å²) in [4.78, 5) is 26.0. The summed E-state index contributed by atoms with van der Waals surface area (Å²) in [5.41, 5.74) is 11.4. The lowest BCUT2D eigenvalue weighted by Crippen LogP contribution is -2.47. The zero-order chi connectivity index (χ0) is 27.1. The Morgan fingerprint density at radius 3 is 1.57 bits per heavy atom. The number of benzene rings is 3. The predicted molar refractivity (Wildman–Crippen MR) is 155 cm³/mol. The summed E-state index contributed by atoms with van der Waals surface area (Å²) in [7, 11) is -1.84. The van der Waals surface area contributed by atoms with Crippen LogP contribution in [-0.4, -0.2) is 25.9 Å². The summed E-state index contributed by atoms with van der Waals surface area (Å²) in [6.45, 7) is 11.0. The molecule has 3 rings (SSSR count). The van der Waals surface area contributed by atoms with Gasteiger partial charge in [0.05, 0.1) is 5.41 Å². The second kappa shape index (κ2) is 11.6. The Hall–Kier alpha value is -3.62. The Bertz CT molecular complexity index is 1160. The lowest BCUT2D eigenvalue weighted by atomic mass is 9.67. The molecule has 0 aliphatic heterocycles. The molecule has 0 saturated carbocycles. The molecule has 37 heavy (non-hydrogen) atoms. The van der Waals surface area contributed by atoms with Gasteiger partial charge in [0.25, 0.3) is 0 Å². The average molecular weight is 511 g/mol. The second-order valence-corrected chi connectivity index (χ2v) is 16.1. The van der Waals surface area contributed by atoms with E-state index in [4.69, 9.17) is 5.73 Å². The van der Waals surface area contributed by atoms with Crippen molar-refractivity contribution >= 4 is 19.9 Å². The van der Waals surface area contributed by atoms with E-state index in [0.29, 0.717) is 0 Å². The highest BCUT2D eigenvalue weighted by molar-refractivity contribution is 6.87. The van der Waals surface area contributed by atoms with E-state index in [-0.39, 0.29) is 23.8 Å². The smallest absolute Gasteiger partial charge is 0.240 e. The highest BCUT2D eigenvalue weighted by Crippen LogP contribution is 2.42. The zero-order valence-electron chi connectivity index (χ0n) is 22.5. The van der Waals surface area contributed by atoms with Gasteiger partial charge in [-0.3, -0.25) is 9.59 Å². The number of carbonyl (C=O) groups excluding carboxylic acids is 2. The molecule has 3 aromatic carbocycles. The van der Waals surface area contributed by atoms with Crippen LogP contribution in [0.4, 0.5) is 0 Å². The molecule has 192 valence electrons. The summed E-state index contributed by atoms with van der Waals surface area (Å²) in [6.07, 6.45) is 0.313. The molecule has 5 heteroatoms. The maximum Gasteiger partial charge on any atom is 0.240 e. The molecule has 3 aromatic rings. The molecule has 0 fully saturated rings. The standard InChI is InChI=1S/C32H38N2O2Si/c1-31(2,3)37(4,5)23-15-22-28(30(33)36)34-29(35)24-32(25-16-9-6-10-17-25,26-18-11-7-12-19-26)27-20-13-8-14-21-27/h6-14,16-21,28H,22,24H2,1-5H3,(H2,33,36)(H,34,35)/t28-/m0/s1. The van der Waals surface area contributed by atoms with Crippen molar-refractivity contribution in [1.82, 2.24) is 5.32 Å². The summed E-state index contributed by atoms with van der Waals surface area (Å²) in [5.74, 6) is 2.34. The van der Waals surface area contributed by atoms with Gasteiger partial charge in [0.2, 0.25) is 11.8 Å². The number of primary amides is 1. The van der Waals surface area contributed by atoms with E-state index >= 15 is 0 Å². The van der Waals surface area contributed by atoms with Gasteiger partial charge in [-0.1, -0.05) is 125 Å². The number of amides is 2. The first-order valence-electron chi connectivity index (χ1n) is 12.7. The van der Waals surface area contributed by atoms with Crippen molar-refractivity contribution in [2.75, 3.05) is 0 Å². The SMILES string of the molecule is CC(C)(C)[Si](C)(C)C#CC[C@H](NC(=O)CC(c1ccccc1)(c1ccccc1)c1ccccc1)C(N)=O. The fourth-order valence-corrected chi connectivity index (χ4v) is 5.16. The minimum atomic E-state index is -1.84. The van der Waals surface area contributed by atoms with E-state index < -0.39 is 25.4 Å². The van der Waals surface area contributed by atoms with E-state index in [0.717, 1.165) is 16.7 Å². The van der Waals surface area contributed by atoms with Gasteiger partial charge in [-0.25, -0.2) is 0 Å². The minimum absolute atomic E-state index is 0.103. The lowest BCUT2D eigenvalue weighted by molar-refractivity contribution is -0.127. The Morgan fingerprint density at radius 2 is 1.22 bits per heavy atom. The molecule has 3 N–H and O–H groups in total. The van der Waals surface area contributed by atoms with Gasteiger partial charge in [0.1, 0.15) is 14.1 Å². The summed E-state index contributed by atoms with van der Waals surface area (Å²) >= 11 is 0. The highest BCUT2D eigenvalue weighted by Gasteiger charge is 2.39. The molecule has 0 radical (unpaired) electrons. The molecule has 0 aliphatic rings. The molecule has 0 bridgehead atoms. The molecule has 0 aliphatic carbocycles. The molecular weight excluding hydrogens is 472 g/mol. The van der Waals surface area contributed by atoms with Crippen LogP contribution in [0.25, 0.3) is 0 Å². The van der Waals surface area contributed by atoms with Crippen molar-refractivity contribution in [2.45, 2.75) is 63.2 Å². The van der Waals surface area contributed by atoms with Gasteiger partial charge in [-0.2, -0.15) is 0 Å². The Morgan fingerprint density at radius 1 is 0.811 bits per heavy atom.